The maximum Gasteiger partial charge on any atom is 0.273 e. The lowest BCUT2D eigenvalue weighted by molar-refractivity contribution is 0.0177. The number of rotatable bonds is 3. The molecule has 1 aromatic carbocycles. The number of carbonyl (C=O) groups is 1. The Kier molecular flexibility index (Phi) is 3.83. The predicted molar refractivity (Wildman–Crippen MR) is 78.9 cm³/mol. The van der Waals surface area contributed by atoms with Crippen LogP contribution in [0.25, 0.3) is 0 Å². The topological polar surface area (TPSA) is 42.4 Å². The molecule has 2 heterocycles. The van der Waals surface area contributed by atoms with E-state index in [2.05, 4.69) is 4.98 Å². The smallest absolute Gasteiger partial charge is 0.273 e. The largest absolute Gasteiger partial charge is 0.463 e. The fourth-order valence-corrected chi connectivity index (χ4v) is 2.96. The highest BCUT2D eigenvalue weighted by molar-refractivity contribution is 7.11. The van der Waals surface area contributed by atoms with Crippen molar-refractivity contribution in [1.29, 1.82) is 0 Å². The number of nitrogens with zero attached hydrogens (tertiary/aromatic N) is 2. The van der Waals surface area contributed by atoms with Crippen LogP contribution in [0.1, 0.15) is 10.4 Å². The molecule has 20 heavy (non-hydrogen) atoms. The molecule has 1 aromatic heterocycles. The lowest BCUT2D eigenvalue weighted by Gasteiger charge is -2.38. The summed E-state index contributed by atoms with van der Waals surface area (Å²) in [5.41, 5.74) is 0.462. The lowest BCUT2D eigenvalue weighted by atomic mass is 10.1. The van der Waals surface area contributed by atoms with E-state index in [1.807, 2.05) is 5.38 Å². The number of hydrogen-bond acceptors (Lipinski definition) is 4. The van der Waals surface area contributed by atoms with Crippen LogP contribution in [-0.2, 0) is 0 Å². The maximum absolute atomic E-state index is 12.2. The van der Waals surface area contributed by atoms with Gasteiger partial charge in [0, 0.05) is 16.6 Å². The number of halogens is 2. The highest BCUT2D eigenvalue weighted by Crippen LogP contribution is 2.25. The predicted octanol–water partition coefficient (Wildman–Crippen LogP) is 3.35. The number of carbonyl (C=O) groups excluding carboxylic acids is 1. The molecule has 0 bridgehead atoms. The molecule has 0 aliphatic carbocycles. The summed E-state index contributed by atoms with van der Waals surface area (Å²) in [6, 6.07) is 4.87. The molecule has 4 nitrogen and oxygen atoms in total. The van der Waals surface area contributed by atoms with Gasteiger partial charge in [-0.15, -0.1) is 0 Å². The maximum atomic E-state index is 12.2. The minimum atomic E-state index is -0.106. The summed E-state index contributed by atoms with van der Waals surface area (Å²) in [6.07, 6.45) is 1.69. The summed E-state index contributed by atoms with van der Waals surface area (Å²) in [5, 5.41) is 3.36. The molecular formula is C13H10Cl2N2O2S. The van der Waals surface area contributed by atoms with Crippen molar-refractivity contribution in [1.82, 2.24) is 9.88 Å². The molecule has 1 saturated heterocycles. The first-order valence-electron chi connectivity index (χ1n) is 5.94. The number of thiazole rings is 1. The first-order valence-corrected chi connectivity index (χ1v) is 7.57. The molecular weight excluding hydrogens is 319 g/mol. The van der Waals surface area contributed by atoms with E-state index in [4.69, 9.17) is 27.9 Å². The van der Waals surface area contributed by atoms with Crippen LogP contribution in [0.4, 0.5) is 0 Å². The number of benzene rings is 1. The standard InChI is InChI=1S/C13H10Cl2N2O2S/c14-8-1-2-10(11(15)5-8)12(18)17-6-9(7-17)19-13-16-3-4-20-13/h1-5,9H,6-7H2. The highest BCUT2D eigenvalue weighted by Gasteiger charge is 2.34. The van der Waals surface area contributed by atoms with Gasteiger partial charge in [-0.05, 0) is 18.2 Å². The van der Waals surface area contributed by atoms with E-state index < -0.39 is 0 Å². The summed E-state index contributed by atoms with van der Waals surface area (Å²) >= 11 is 13.3. The van der Waals surface area contributed by atoms with E-state index in [-0.39, 0.29) is 12.0 Å². The molecule has 7 heteroatoms. The molecule has 104 valence electrons. The van der Waals surface area contributed by atoms with Crippen molar-refractivity contribution >= 4 is 40.4 Å². The summed E-state index contributed by atoms with van der Waals surface area (Å²) in [6.45, 7) is 1.08. The van der Waals surface area contributed by atoms with Gasteiger partial charge in [0.15, 0.2) is 0 Å². The quantitative estimate of drug-likeness (QED) is 0.867. The van der Waals surface area contributed by atoms with E-state index in [1.165, 1.54) is 11.3 Å². The molecule has 2 aromatic rings. The Balaban J connectivity index is 1.60. The van der Waals surface area contributed by atoms with Gasteiger partial charge in [0.2, 0.25) is 0 Å². The fraction of sp³-hybridized carbons (Fsp3) is 0.231. The summed E-state index contributed by atoms with van der Waals surface area (Å²) in [5.74, 6) is -0.106. The summed E-state index contributed by atoms with van der Waals surface area (Å²) in [7, 11) is 0. The third kappa shape index (κ3) is 2.75. The Hall–Kier alpha value is -1.30. The van der Waals surface area contributed by atoms with E-state index in [0.717, 1.165) is 0 Å². The van der Waals surface area contributed by atoms with E-state index >= 15 is 0 Å². The number of likely N-dealkylation sites (tertiary alicyclic amines) is 1. The van der Waals surface area contributed by atoms with Crippen LogP contribution in [0.5, 0.6) is 5.19 Å². The second-order valence-corrected chi connectivity index (χ2v) is 6.07. The zero-order valence-electron chi connectivity index (χ0n) is 10.3. The van der Waals surface area contributed by atoms with Crippen LogP contribution in [0.3, 0.4) is 0 Å². The van der Waals surface area contributed by atoms with Crippen LogP contribution >= 0.6 is 34.5 Å². The van der Waals surface area contributed by atoms with Gasteiger partial charge in [0.1, 0.15) is 6.10 Å². The monoisotopic (exact) mass is 328 g/mol. The zero-order chi connectivity index (χ0) is 14.1. The minimum absolute atomic E-state index is 0.00354. The van der Waals surface area contributed by atoms with Crippen molar-refractivity contribution in [2.45, 2.75) is 6.10 Å². The number of ether oxygens (including phenoxy) is 1. The van der Waals surface area contributed by atoms with Crippen molar-refractivity contribution in [2.75, 3.05) is 13.1 Å². The molecule has 0 saturated carbocycles. The first-order chi connectivity index (χ1) is 9.63. The van der Waals surface area contributed by atoms with E-state index in [0.29, 0.717) is 33.9 Å². The van der Waals surface area contributed by atoms with Crippen LogP contribution in [0.2, 0.25) is 10.0 Å². The second-order valence-electron chi connectivity index (χ2n) is 4.37. The molecule has 0 spiro atoms. The highest BCUT2D eigenvalue weighted by atomic mass is 35.5. The number of amides is 1. The van der Waals surface area contributed by atoms with Gasteiger partial charge in [-0.25, -0.2) is 4.98 Å². The van der Waals surface area contributed by atoms with Crippen LogP contribution in [0, 0.1) is 0 Å². The SMILES string of the molecule is O=C(c1ccc(Cl)cc1Cl)N1CC(Oc2nccs2)C1. The van der Waals surface area contributed by atoms with Crippen molar-refractivity contribution in [3.05, 3.63) is 45.4 Å². The molecule has 0 atom stereocenters. The van der Waals surface area contributed by atoms with Gasteiger partial charge >= 0.3 is 0 Å². The Bertz CT molecular complexity index is 627. The average molecular weight is 329 g/mol. The summed E-state index contributed by atoms with van der Waals surface area (Å²) < 4.78 is 5.62. The Morgan fingerprint density at radius 3 is 2.85 bits per heavy atom. The summed E-state index contributed by atoms with van der Waals surface area (Å²) in [4.78, 5) is 18.0. The van der Waals surface area contributed by atoms with Crippen LogP contribution < -0.4 is 4.74 Å². The lowest BCUT2D eigenvalue weighted by Crippen LogP contribution is -2.56. The fourth-order valence-electron chi connectivity index (χ4n) is 1.92. The normalized spacial score (nSPS) is 15.0. The molecule has 0 N–H and O–H groups in total. The van der Waals surface area contributed by atoms with Gasteiger partial charge in [0.25, 0.3) is 11.1 Å². The number of hydrogen-bond donors (Lipinski definition) is 0. The van der Waals surface area contributed by atoms with Crippen molar-refractivity contribution < 1.29 is 9.53 Å². The van der Waals surface area contributed by atoms with Crippen LogP contribution in [0.15, 0.2) is 29.8 Å². The third-order valence-corrected chi connectivity index (χ3v) is 4.18. The van der Waals surface area contributed by atoms with Gasteiger partial charge in [-0.2, -0.15) is 0 Å². The van der Waals surface area contributed by atoms with Gasteiger partial charge in [-0.3, -0.25) is 4.79 Å². The molecule has 1 fully saturated rings. The first kappa shape index (κ1) is 13.7. The number of aromatic nitrogens is 1. The third-order valence-electron chi connectivity index (χ3n) is 2.97. The molecule has 0 radical (unpaired) electrons. The van der Waals surface area contributed by atoms with Gasteiger partial charge in [0.05, 0.1) is 23.7 Å². The Morgan fingerprint density at radius 1 is 1.40 bits per heavy atom. The van der Waals surface area contributed by atoms with Crippen LogP contribution in [-0.4, -0.2) is 35.0 Å². The van der Waals surface area contributed by atoms with Crippen molar-refractivity contribution in [3.63, 3.8) is 0 Å². The molecule has 3 rings (SSSR count). The molecule has 0 unspecified atom stereocenters. The molecule has 1 aliphatic rings. The molecule has 1 amide bonds. The Morgan fingerprint density at radius 2 is 2.20 bits per heavy atom. The van der Waals surface area contributed by atoms with Crippen molar-refractivity contribution in [2.24, 2.45) is 0 Å². The Labute approximate surface area is 129 Å². The van der Waals surface area contributed by atoms with E-state index in [1.54, 1.807) is 29.3 Å². The van der Waals surface area contributed by atoms with Gasteiger partial charge < -0.3 is 9.64 Å². The van der Waals surface area contributed by atoms with E-state index in [9.17, 15) is 4.79 Å². The zero-order valence-corrected chi connectivity index (χ0v) is 12.6. The molecule has 1 aliphatic heterocycles. The van der Waals surface area contributed by atoms with Crippen molar-refractivity contribution in [3.8, 4) is 5.19 Å². The minimum Gasteiger partial charge on any atom is -0.463 e. The average Bonchev–Trinajstić information content (AvgIpc) is 2.85. The second kappa shape index (κ2) is 5.60. The van der Waals surface area contributed by atoms with Gasteiger partial charge in [-0.1, -0.05) is 34.5 Å².